The average molecular weight is 274 g/mol. The number of thiophene rings is 1. The monoisotopic (exact) mass is 274 g/mol. The van der Waals surface area contributed by atoms with Crippen molar-refractivity contribution < 1.29 is 8.42 Å². The first-order valence-electron chi connectivity index (χ1n) is 5.68. The van der Waals surface area contributed by atoms with Crippen LogP contribution in [0.2, 0.25) is 0 Å². The largest absolute Gasteiger partial charge is 0.326 e. The van der Waals surface area contributed by atoms with E-state index in [4.69, 9.17) is 5.73 Å². The Hall–Kier alpha value is -0.430. The lowest BCUT2D eigenvalue weighted by molar-refractivity contribution is 0.393. The van der Waals surface area contributed by atoms with E-state index in [0.29, 0.717) is 11.4 Å². The highest BCUT2D eigenvalue weighted by atomic mass is 32.2. The maximum atomic E-state index is 12.5. The molecule has 2 N–H and O–H groups in total. The van der Waals surface area contributed by atoms with Crippen molar-refractivity contribution in [3.63, 3.8) is 0 Å². The van der Waals surface area contributed by atoms with Crippen molar-refractivity contribution >= 4 is 21.4 Å². The van der Waals surface area contributed by atoms with Gasteiger partial charge in [0.05, 0.1) is 4.90 Å². The molecule has 2 heterocycles. The molecule has 4 nitrogen and oxygen atoms in total. The van der Waals surface area contributed by atoms with Crippen LogP contribution in [0, 0.1) is 13.8 Å². The second kappa shape index (κ2) is 4.35. The molecule has 96 valence electrons. The first-order chi connectivity index (χ1) is 7.84. The first kappa shape index (κ1) is 13.0. The molecule has 1 aromatic rings. The van der Waals surface area contributed by atoms with Crippen molar-refractivity contribution in [2.75, 3.05) is 6.54 Å². The average Bonchev–Trinajstić information content (AvgIpc) is 2.72. The first-order valence-corrected chi connectivity index (χ1v) is 7.94. The summed E-state index contributed by atoms with van der Waals surface area (Å²) in [7, 11) is -3.37. The summed E-state index contributed by atoms with van der Waals surface area (Å²) in [6.45, 7) is 6.18. The van der Waals surface area contributed by atoms with Gasteiger partial charge in [-0.05, 0) is 33.3 Å². The highest BCUT2D eigenvalue weighted by molar-refractivity contribution is 7.89. The number of hydrogen-bond acceptors (Lipinski definition) is 4. The highest BCUT2D eigenvalue weighted by Gasteiger charge is 2.38. The van der Waals surface area contributed by atoms with E-state index >= 15 is 0 Å². The third-order valence-electron chi connectivity index (χ3n) is 3.34. The third-order valence-corrected chi connectivity index (χ3v) is 6.55. The molecule has 17 heavy (non-hydrogen) atoms. The summed E-state index contributed by atoms with van der Waals surface area (Å²) in [5, 5.41) is 0. The topological polar surface area (TPSA) is 63.4 Å². The van der Waals surface area contributed by atoms with Gasteiger partial charge < -0.3 is 5.73 Å². The van der Waals surface area contributed by atoms with Gasteiger partial charge >= 0.3 is 0 Å². The van der Waals surface area contributed by atoms with Gasteiger partial charge in [0.1, 0.15) is 0 Å². The fourth-order valence-electron chi connectivity index (χ4n) is 2.26. The molecule has 1 aromatic heterocycles. The van der Waals surface area contributed by atoms with Gasteiger partial charge in [-0.15, -0.1) is 11.3 Å². The second-order valence-electron chi connectivity index (χ2n) is 4.59. The predicted molar refractivity (Wildman–Crippen MR) is 69.7 cm³/mol. The smallest absolute Gasteiger partial charge is 0.244 e. The van der Waals surface area contributed by atoms with Crippen LogP contribution in [-0.2, 0) is 10.0 Å². The van der Waals surface area contributed by atoms with E-state index < -0.39 is 10.0 Å². The zero-order valence-corrected chi connectivity index (χ0v) is 11.9. The fourth-order valence-corrected chi connectivity index (χ4v) is 5.48. The lowest BCUT2D eigenvalue weighted by Crippen LogP contribution is -2.40. The minimum Gasteiger partial charge on any atom is -0.326 e. The minimum absolute atomic E-state index is 0.0511. The van der Waals surface area contributed by atoms with Gasteiger partial charge in [0.2, 0.25) is 10.0 Å². The van der Waals surface area contributed by atoms with E-state index in [-0.39, 0.29) is 12.1 Å². The number of nitrogens with two attached hydrogens (primary N) is 1. The maximum Gasteiger partial charge on any atom is 0.244 e. The molecule has 1 fully saturated rings. The Balaban J connectivity index is 2.41. The van der Waals surface area contributed by atoms with Crippen molar-refractivity contribution in [2.24, 2.45) is 5.73 Å². The highest BCUT2D eigenvalue weighted by Crippen LogP contribution is 2.31. The lowest BCUT2D eigenvalue weighted by atomic mass is 10.2. The maximum absolute atomic E-state index is 12.5. The van der Waals surface area contributed by atoms with Gasteiger partial charge in [0.15, 0.2) is 0 Å². The molecule has 0 aliphatic carbocycles. The third kappa shape index (κ3) is 2.14. The van der Waals surface area contributed by atoms with Crippen LogP contribution in [0.15, 0.2) is 11.0 Å². The van der Waals surface area contributed by atoms with Crippen molar-refractivity contribution in [3.8, 4) is 0 Å². The number of nitrogens with zero attached hydrogens (tertiary/aromatic N) is 1. The zero-order valence-electron chi connectivity index (χ0n) is 10.3. The van der Waals surface area contributed by atoms with Crippen LogP contribution in [-0.4, -0.2) is 31.4 Å². The number of rotatable bonds is 2. The summed E-state index contributed by atoms with van der Waals surface area (Å²) in [6, 6.07) is 1.59. The van der Waals surface area contributed by atoms with Gasteiger partial charge in [-0.25, -0.2) is 8.42 Å². The molecular weight excluding hydrogens is 256 g/mol. The second-order valence-corrected chi connectivity index (χ2v) is 7.91. The molecule has 0 amide bonds. The van der Waals surface area contributed by atoms with Gasteiger partial charge in [0.25, 0.3) is 0 Å². The van der Waals surface area contributed by atoms with E-state index in [1.54, 1.807) is 6.07 Å². The fraction of sp³-hybridized carbons (Fsp3) is 0.636. The van der Waals surface area contributed by atoms with Crippen molar-refractivity contribution in [1.82, 2.24) is 4.31 Å². The van der Waals surface area contributed by atoms with Crippen LogP contribution >= 0.6 is 11.3 Å². The van der Waals surface area contributed by atoms with E-state index in [9.17, 15) is 8.42 Å². The quantitative estimate of drug-likeness (QED) is 0.888. The molecule has 2 unspecified atom stereocenters. The minimum atomic E-state index is -3.37. The Labute approximate surface area is 106 Å². The van der Waals surface area contributed by atoms with Crippen LogP contribution in [0.1, 0.15) is 23.1 Å². The summed E-state index contributed by atoms with van der Waals surface area (Å²) in [4.78, 5) is 2.33. The molecule has 1 saturated heterocycles. The van der Waals surface area contributed by atoms with Crippen LogP contribution in [0.5, 0.6) is 0 Å². The molecule has 1 aliphatic heterocycles. The molecule has 2 atom stereocenters. The molecule has 2 rings (SSSR count). The molecule has 1 aliphatic rings. The van der Waals surface area contributed by atoms with Gasteiger partial charge in [0, 0.05) is 28.4 Å². The Morgan fingerprint density at radius 3 is 2.53 bits per heavy atom. The van der Waals surface area contributed by atoms with E-state index in [1.807, 2.05) is 20.8 Å². The molecule has 6 heteroatoms. The molecule has 0 bridgehead atoms. The Morgan fingerprint density at radius 1 is 1.47 bits per heavy atom. The number of aryl methyl sites for hydroxylation is 2. The van der Waals surface area contributed by atoms with Crippen molar-refractivity contribution in [2.45, 2.75) is 44.2 Å². The molecular formula is C11H18N2O2S2. The number of hydrogen-bond donors (Lipinski definition) is 1. The Morgan fingerprint density at radius 2 is 2.12 bits per heavy atom. The van der Waals surface area contributed by atoms with Gasteiger partial charge in [-0.1, -0.05) is 0 Å². The van der Waals surface area contributed by atoms with E-state index in [1.165, 1.54) is 15.6 Å². The van der Waals surface area contributed by atoms with Crippen LogP contribution in [0.3, 0.4) is 0 Å². The summed E-state index contributed by atoms with van der Waals surface area (Å²) < 4.78 is 26.5. The Kier molecular flexibility index (Phi) is 3.33. The molecule has 0 saturated carbocycles. The van der Waals surface area contributed by atoms with Crippen LogP contribution < -0.4 is 5.73 Å². The standard InChI is InChI=1S/C11H18N2O2S2/c1-7-6-11(9(3)16-7)17(14,15)13-5-4-10(12)8(13)2/h6,8,10H,4-5,12H2,1-3H3. The molecule has 0 aromatic carbocycles. The molecule has 0 spiro atoms. The van der Waals surface area contributed by atoms with Gasteiger partial charge in [-0.3, -0.25) is 0 Å². The van der Waals surface area contributed by atoms with Crippen LogP contribution in [0.25, 0.3) is 0 Å². The summed E-state index contributed by atoms with van der Waals surface area (Å²) >= 11 is 1.52. The number of sulfonamides is 1. The van der Waals surface area contributed by atoms with Gasteiger partial charge in [-0.2, -0.15) is 4.31 Å². The lowest BCUT2D eigenvalue weighted by Gasteiger charge is -2.22. The molecule has 0 radical (unpaired) electrons. The van der Waals surface area contributed by atoms with Crippen LogP contribution in [0.4, 0.5) is 0 Å². The van der Waals surface area contributed by atoms with E-state index in [0.717, 1.165) is 16.2 Å². The summed E-state index contributed by atoms with van der Waals surface area (Å²) in [6.07, 6.45) is 0.739. The summed E-state index contributed by atoms with van der Waals surface area (Å²) in [5.41, 5.74) is 5.88. The van der Waals surface area contributed by atoms with E-state index in [2.05, 4.69) is 0 Å². The van der Waals surface area contributed by atoms with Crippen molar-refractivity contribution in [1.29, 1.82) is 0 Å². The zero-order chi connectivity index (χ0) is 12.8. The predicted octanol–water partition coefficient (Wildman–Crippen LogP) is 1.48. The van der Waals surface area contributed by atoms with Crippen molar-refractivity contribution in [3.05, 3.63) is 15.8 Å². The summed E-state index contributed by atoms with van der Waals surface area (Å²) in [5.74, 6) is 0. The Bertz CT molecular complexity index is 522. The normalized spacial score (nSPS) is 26.6. The SMILES string of the molecule is Cc1cc(S(=O)(=O)N2CCC(N)C2C)c(C)s1.